The quantitative estimate of drug-likeness (QED) is 0.332. The molecule has 0 radical (unpaired) electrons. The number of rotatable bonds is 8. The van der Waals surface area contributed by atoms with E-state index in [1.54, 1.807) is 36.4 Å². The van der Waals surface area contributed by atoms with Gasteiger partial charge in [0.25, 0.3) is 6.23 Å². The number of nitrogens with one attached hydrogen (secondary N) is 1. The highest BCUT2D eigenvalue weighted by Crippen LogP contribution is 2.36. The van der Waals surface area contributed by atoms with Crippen molar-refractivity contribution in [2.24, 2.45) is 5.16 Å². The number of Topliss-reactive ketones (excluding diaryl/α,β-unsaturated/α-hetero) is 1. The van der Waals surface area contributed by atoms with Gasteiger partial charge in [-0.1, -0.05) is 59.2 Å². The maximum Gasteiger partial charge on any atom is 0.254 e. The molecule has 1 aliphatic rings. The summed E-state index contributed by atoms with van der Waals surface area (Å²) in [6.07, 6.45) is -1.09. The van der Waals surface area contributed by atoms with Crippen LogP contribution >= 0.6 is 11.6 Å². The average molecular weight is 481 g/mol. The van der Waals surface area contributed by atoms with Crippen molar-refractivity contribution in [2.45, 2.75) is 25.9 Å². The van der Waals surface area contributed by atoms with Gasteiger partial charge < -0.3 is 25.1 Å². The number of carbonyl (C=O) groups is 2. The number of phenols is 1. The van der Waals surface area contributed by atoms with Crippen LogP contribution in [0, 0.1) is 0 Å². The van der Waals surface area contributed by atoms with Crippen molar-refractivity contribution in [3.05, 3.63) is 93.5 Å². The Bertz CT molecular complexity index is 1260. The maximum absolute atomic E-state index is 11.5. The molecule has 174 valence electrons. The number of halogens is 1. The van der Waals surface area contributed by atoms with Crippen molar-refractivity contribution < 1.29 is 29.4 Å². The summed E-state index contributed by atoms with van der Waals surface area (Å²) >= 11 is 6.12. The second kappa shape index (κ2) is 9.94. The monoisotopic (exact) mass is 480 g/mol. The van der Waals surface area contributed by atoms with Gasteiger partial charge in [0, 0.05) is 5.56 Å². The molecule has 1 heterocycles. The summed E-state index contributed by atoms with van der Waals surface area (Å²) in [4.78, 5) is 27.3. The Kier molecular flexibility index (Phi) is 6.81. The lowest BCUT2D eigenvalue weighted by Gasteiger charge is -2.14. The number of hydrogen-bond acceptors (Lipinski definition) is 8. The van der Waals surface area contributed by atoms with E-state index in [4.69, 9.17) is 21.2 Å². The van der Waals surface area contributed by atoms with Crippen LogP contribution in [0.15, 0.2) is 65.8 Å². The molecule has 0 amide bonds. The van der Waals surface area contributed by atoms with Crippen LogP contribution in [0.3, 0.4) is 0 Å². The number of aromatic hydroxyl groups is 1. The zero-order chi connectivity index (χ0) is 24.2. The number of benzene rings is 3. The number of oxime groups is 1. The van der Waals surface area contributed by atoms with Gasteiger partial charge in [0.15, 0.2) is 17.9 Å². The first-order valence-electron chi connectivity index (χ1n) is 10.4. The third-order valence-corrected chi connectivity index (χ3v) is 5.65. The van der Waals surface area contributed by atoms with E-state index in [1.807, 2.05) is 12.1 Å². The number of ether oxygens (including phenoxy) is 1. The summed E-state index contributed by atoms with van der Waals surface area (Å²) in [7, 11) is 0. The number of amidine groups is 1. The number of hydrogen-bond donors (Lipinski definition) is 3. The predicted molar refractivity (Wildman–Crippen MR) is 125 cm³/mol. The van der Waals surface area contributed by atoms with Crippen molar-refractivity contribution in [1.82, 2.24) is 5.32 Å². The Labute approximate surface area is 200 Å². The normalized spacial score (nSPS) is 15.6. The smallest absolute Gasteiger partial charge is 0.254 e. The van der Waals surface area contributed by atoms with Crippen LogP contribution < -0.4 is 10.1 Å². The molecule has 2 atom stereocenters. The zero-order valence-electron chi connectivity index (χ0n) is 18.1. The first kappa shape index (κ1) is 23.3. The molecule has 0 aromatic heterocycles. The highest BCUT2D eigenvalue weighted by atomic mass is 35.5. The standard InChI is InChI=1S/C25H21ClN2O6/c1-14(30)19-9-10-20(22(26)24(19)32)33-13-15-5-7-16(8-6-15)23(31)17-3-2-4-18(11-17)25-27-21(12-29)34-28-25/h2-12,21,23,31-32H,13H2,1H3,(H,27,28). The first-order chi connectivity index (χ1) is 16.4. The second-order valence-electron chi connectivity index (χ2n) is 7.63. The minimum absolute atomic E-state index is 0.0224. The molecule has 0 bridgehead atoms. The number of aldehydes is 1. The Balaban J connectivity index is 1.43. The van der Waals surface area contributed by atoms with Crippen LogP contribution in [0.25, 0.3) is 0 Å². The summed E-state index contributed by atoms with van der Waals surface area (Å²) < 4.78 is 5.69. The van der Waals surface area contributed by atoms with E-state index in [9.17, 15) is 19.8 Å². The van der Waals surface area contributed by atoms with Gasteiger partial charge in [-0.3, -0.25) is 9.59 Å². The molecule has 34 heavy (non-hydrogen) atoms. The Hall–Kier alpha value is -3.88. The van der Waals surface area contributed by atoms with Gasteiger partial charge >= 0.3 is 0 Å². The number of aliphatic hydroxyl groups excluding tert-OH is 1. The Morgan fingerprint density at radius 3 is 2.65 bits per heavy atom. The molecule has 9 heteroatoms. The van der Waals surface area contributed by atoms with Crippen molar-refractivity contribution in [2.75, 3.05) is 0 Å². The molecule has 0 fully saturated rings. The van der Waals surface area contributed by atoms with Gasteiger partial charge in [0.1, 0.15) is 29.2 Å². The lowest BCUT2D eigenvalue weighted by atomic mass is 9.98. The van der Waals surface area contributed by atoms with Crippen molar-refractivity contribution >= 4 is 29.5 Å². The first-order valence-corrected chi connectivity index (χ1v) is 10.7. The topological polar surface area (TPSA) is 117 Å². The zero-order valence-corrected chi connectivity index (χ0v) is 18.8. The minimum atomic E-state index is -0.884. The van der Waals surface area contributed by atoms with Gasteiger partial charge in [-0.2, -0.15) is 0 Å². The van der Waals surface area contributed by atoms with E-state index < -0.39 is 12.3 Å². The molecule has 8 nitrogen and oxygen atoms in total. The SMILES string of the molecule is CC(=O)c1ccc(OCc2ccc(C(O)c3cccc(C4=NOC(C=O)N4)c3)cc2)c(Cl)c1O. The third kappa shape index (κ3) is 4.88. The molecule has 0 spiro atoms. The average Bonchev–Trinajstić information content (AvgIpc) is 3.34. The highest BCUT2D eigenvalue weighted by Gasteiger charge is 2.21. The fraction of sp³-hybridized carbons (Fsp3) is 0.160. The Morgan fingerprint density at radius 2 is 1.97 bits per heavy atom. The molecule has 2 unspecified atom stereocenters. The molecule has 0 saturated carbocycles. The second-order valence-corrected chi connectivity index (χ2v) is 8.01. The van der Waals surface area contributed by atoms with E-state index in [1.165, 1.54) is 19.1 Å². The van der Waals surface area contributed by atoms with Crippen LogP contribution in [0.5, 0.6) is 11.5 Å². The van der Waals surface area contributed by atoms with Gasteiger partial charge in [0.2, 0.25) is 0 Å². The van der Waals surface area contributed by atoms with Gasteiger partial charge in [-0.15, -0.1) is 0 Å². The van der Waals surface area contributed by atoms with Crippen LogP contribution in [-0.4, -0.2) is 34.3 Å². The fourth-order valence-corrected chi connectivity index (χ4v) is 3.66. The summed E-state index contributed by atoms with van der Waals surface area (Å²) in [5.41, 5.74) is 2.95. The molecule has 3 N–H and O–H groups in total. The molecule has 0 aliphatic carbocycles. The fourth-order valence-electron chi connectivity index (χ4n) is 3.44. The summed E-state index contributed by atoms with van der Waals surface area (Å²) in [6.45, 7) is 1.52. The van der Waals surface area contributed by atoms with Crippen LogP contribution in [0.2, 0.25) is 5.02 Å². The van der Waals surface area contributed by atoms with Crippen LogP contribution in [0.4, 0.5) is 0 Å². The number of nitrogens with zero attached hydrogens (tertiary/aromatic N) is 1. The molecule has 1 aliphatic heterocycles. The predicted octanol–water partition coefficient (Wildman–Crippen LogP) is 3.72. The molecule has 0 saturated heterocycles. The van der Waals surface area contributed by atoms with Gasteiger partial charge in [0.05, 0.1) is 5.56 Å². The van der Waals surface area contributed by atoms with Crippen molar-refractivity contribution in [3.63, 3.8) is 0 Å². The maximum atomic E-state index is 11.5. The lowest BCUT2D eigenvalue weighted by molar-refractivity contribution is -0.117. The van der Waals surface area contributed by atoms with Crippen LogP contribution in [-0.2, 0) is 16.2 Å². The third-order valence-electron chi connectivity index (χ3n) is 5.29. The van der Waals surface area contributed by atoms with Gasteiger partial charge in [-0.25, -0.2) is 0 Å². The number of phenolic OH excluding ortho intramolecular Hbond substituents is 1. The minimum Gasteiger partial charge on any atom is -0.505 e. The number of aliphatic hydroxyl groups is 1. The van der Waals surface area contributed by atoms with E-state index in [2.05, 4.69) is 10.5 Å². The van der Waals surface area contributed by atoms with Crippen LogP contribution in [0.1, 0.15) is 45.6 Å². The number of ketones is 1. The molecular formula is C25H21ClN2O6. The summed E-state index contributed by atoms with van der Waals surface area (Å²) in [5, 5.41) is 27.6. The van der Waals surface area contributed by atoms with E-state index in [0.717, 1.165) is 5.56 Å². The van der Waals surface area contributed by atoms with Gasteiger partial charge in [-0.05, 0) is 41.8 Å². The van der Waals surface area contributed by atoms with E-state index >= 15 is 0 Å². The van der Waals surface area contributed by atoms with Crippen molar-refractivity contribution in [1.29, 1.82) is 0 Å². The van der Waals surface area contributed by atoms with Crippen molar-refractivity contribution in [3.8, 4) is 11.5 Å². The largest absolute Gasteiger partial charge is 0.505 e. The lowest BCUT2D eigenvalue weighted by Crippen LogP contribution is -2.31. The number of carbonyl (C=O) groups excluding carboxylic acids is 2. The highest BCUT2D eigenvalue weighted by molar-refractivity contribution is 6.34. The Morgan fingerprint density at radius 1 is 1.21 bits per heavy atom. The van der Waals surface area contributed by atoms with E-state index in [-0.39, 0.29) is 34.5 Å². The molecule has 3 aromatic rings. The summed E-state index contributed by atoms with van der Waals surface area (Å²) in [6, 6.07) is 17.3. The molecule has 3 aromatic carbocycles. The summed E-state index contributed by atoms with van der Waals surface area (Å²) in [5.74, 6) is 0.0741. The van der Waals surface area contributed by atoms with E-state index in [0.29, 0.717) is 28.8 Å². The molecule has 4 rings (SSSR count). The molecular weight excluding hydrogens is 460 g/mol.